The van der Waals surface area contributed by atoms with Crippen molar-refractivity contribution in [3.63, 3.8) is 0 Å². The Balaban J connectivity index is 2.24. The molecule has 1 N–H and O–H groups in total. The monoisotopic (exact) mass is 327 g/mol. The Labute approximate surface area is 116 Å². The molecular weight excluding hydrogens is 321 g/mol. The van der Waals surface area contributed by atoms with Gasteiger partial charge in [-0.2, -0.15) is 0 Å². The smallest absolute Gasteiger partial charge is 0.337 e. The molecule has 18 heavy (non-hydrogen) atoms. The molecule has 0 atom stereocenters. The molecule has 92 valence electrons. The van der Waals surface area contributed by atoms with E-state index in [0.717, 1.165) is 4.47 Å². The first kappa shape index (κ1) is 12.9. The van der Waals surface area contributed by atoms with Crippen LogP contribution in [-0.2, 0) is 0 Å². The van der Waals surface area contributed by atoms with E-state index in [1.165, 1.54) is 12.3 Å². The second-order valence-corrected chi connectivity index (χ2v) is 4.69. The predicted octanol–water partition coefficient (Wildman–Crippen LogP) is 3.99. The molecule has 0 radical (unpaired) electrons. The number of ether oxygens (including phenoxy) is 1. The third-order valence-electron chi connectivity index (χ3n) is 2.08. The van der Waals surface area contributed by atoms with E-state index in [0.29, 0.717) is 5.75 Å². The van der Waals surface area contributed by atoms with E-state index in [-0.39, 0.29) is 16.5 Å². The Bertz CT molecular complexity index is 586. The molecule has 0 unspecified atom stereocenters. The third kappa shape index (κ3) is 3.00. The number of rotatable bonds is 3. The lowest BCUT2D eigenvalue weighted by Gasteiger charge is -2.06. The van der Waals surface area contributed by atoms with Crippen LogP contribution < -0.4 is 4.74 Å². The number of benzene rings is 1. The maximum atomic E-state index is 10.7. The van der Waals surface area contributed by atoms with Crippen molar-refractivity contribution < 1.29 is 14.6 Å². The van der Waals surface area contributed by atoms with Crippen LogP contribution in [0.4, 0.5) is 0 Å². The van der Waals surface area contributed by atoms with Gasteiger partial charge in [-0.3, -0.25) is 0 Å². The molecule has 0 aliphatic carbocycles. The van der Waals surface area contributed by atoms with Crippen LogP contribution in [0, 0.1) is 0 Å². The minimum absolute atomic E-state index is 0.0168. The van der Waals surface area contributed by atoms with Crippen molar-refractivity contribution in [1.82, 2.24) is 4.98 Å². The lowest BCUT2D eigenvalue weighted by atomic mass is 10.3. The summed E-state index contributed by atoms with van der Waals surface area (Å²) in [6.07, 6.45) is 1.20. The molecule has 6 heteroatoms. The molecule has 0 amide bonds. The molecule has 0 saturated carbocycles. The van der Waals surface area contributed by atoms with E-state index in [2.05, 4.69) is 20.9 Å². The molecule has 0 aliphatic rings. The first-order valence-electron chi connectivity index (χ1n) is 4.88. The van der Waals surface area contributed by atoms with Crippen LogP contribution in [0.3, 0.4) is 0 Å². The fraction of sp³-hybridized carbons (Fsp3) is 0. The predicted molar refractivity (Wildman–Crippen MR) is 70.4 cm³/mol. The number of carbonyl (C=O) groups is 1. The second-order valence-electron chi connectivity index (χ2n) is 3.37. The molecule has 2 aromatic rings. The molecule has 1 aromatic carbocycles. The van der Waals surface area contributed by atoms with Gasteiger partial charge in [0.2, 0.25) is 5.88 Å². The first-order chi connectivity index (χ1) is 8.56. The fourth-order valence-electron chi connectivity index (χ4n) is 1.23. The van der Waals surface area contributed by atoms with Crippen molar-refractivity contribution in [3.8, 4) is 11.6 Å². The number of hydrogen-bond acceptors (Lipinski definition) is 3. The minimum Gasteiger partial charge on any atom is -0.478 e. The van der Waals surface area contributed by atoms with E-state index in [4.69, 9.17) is 21.4 Å². The highest BCUT2D eigenvalue weighted by Crippen LogP contribution is 2.28. The number of hydrogen-bond donors (Lipinski definition) is 1. The highest BCUT2D eigenvalue weighted by Gasteiger charge is 2.10. The van der Waals surface area contributed by atoms with Crippen molar-refractivity contribution in [3.05, 3.63) is 51.6 Å². The Hall–Kier alpha value is -1.59. The molecule has 4 nitrogen and oxygen atoms in total. The van der Waals surface area contributed by atoms with Gasteiger partial charge in [-0.1, -0.05) is 27.5 Å². The number of nitrogens with zero attached hydrogens (tertiary/aromatic N) is 1. The number of aromatic carboxylic acids is 1. The van der Waals surface area contributed by atoms with Crippen molar-refractivity contribution in [2.45, 2.75) is 0 Å². The topological polar surface area (TPSA) is 59.4 Å². The largest absolute Gasteiger partial charge is 0.478 e. The van der Waals surface area contributed by atoms with Gasteiger partial charge < -0.3 is 9.84 Å². The molecule has 0 fully saturated rings. The Morgan fingerprint density at radius 3 is 2.56 bits per heavy atom. The van der Waals surface area contributed by atoms with E-state index in [9.17, 15) is 4.79 Å². The van der Waals surface area contributed by atoms with E-state index in [1.807, 2.05) is 12.1 Å². The average Bonchev–Trinajstić information content (AvgIpc) is 2.34. The van der Waals surface area contributed by atoms with Crippen LogP contribution >= 0.6 is 27.5 Å². The lowest BCUT2D eigenvalue weighted by Crippen LogP contribution is -1.98. The normalized spacial score (nSPS) is 10.1. The minimum atomic E-state index is -1.08. The maximum absolute atomic E-state index is 10.7. The van der Waals surface area contributed by atoms with Gasteiger partial charge in [-0.25, -0.2) is 9.78 Å². The van der Waals surface area contributed by atoms with Crippen LogP contribution in [0.1, 0.15) is 10.4 Å². The summed E-state index contributed by atoms with van der Waals surface area (Å²) in [7, 11) is 0. The van der Waals surface area contributed by atoms with Crippen LogP contribution in [0.15, 0.2) is 41.0 Å². The quantitative estimate of drug-likeness (QED) is 0.925. The maximum Gasteiger partial charge on any atom is 0.337 e. The Kier molecular flexibility index (Phi) is 3.84. The summed E-state index contributed by atoms with van der Waals surface area (Å²) in [6, 6.07) is 8.41. The molecule has 1 heterocycles. The van der Waals surface area contributed by atoms with Gasteiger partial charge in [-0.15, -0.1) is 0 Å². The zero-order chi connectivity index (χ0) is 13.1. The number of carboxylic acid groups (broad SMARTS) is 1. The molecule has 0 aliphatic heterocycles. The average molecular weight is 329 g/mol. The van der Waals surface area contributed by atoms with Crippen molar-refractivity contribution in [2.24, 2.45) is 0 Å². The molecule has 0 saturated heterocycles. The zero-order valence-electron chi connectivity index (χ0n) is 8.93. The van der Waals surface area contributed by atoms with Crippen LogP contribution in [0.25, 0.3) is 0 Å². The van der Waals surface area contributed by atoms with Gasteiger partial charge >= 0.3 is 5.97 Å². The van der Waals surface area contributed by atoms with Crippen molar-refractivity contribution in [2.75, 3.05) is 0 Å². The van der Waals surface area contributed by atoms with Crippen LogP contribution in [-0.4, -0.2) is 16.1 Å². The van der Waals surface area contributed by atoms with Crippen molar-refractivity contribution in [1.29, 1.82) is 0 Å². The summed E-state index contributed by atoms with van der Waals surface area (Å²) in [5, 5.41) is 8.93. The summed E-state index contributed by atoms with van der Waals surface area (Å²) in [5.74, 6) is -0.348. The summed E-state index contributed by atoms with van der Waals surface area (Å²) in [4.78, 5) is 14.6. The first-order valence-corrected chi connectivity index (χ1v) is 6.05. The van der Waals surface area contributed by atoms with Crippen LogP contribution in [0.5, 0.6) is 11.6 Å². The molecule has 2 rings (SSSR count). The number of pyridine rings is 1. The molecule has 1 aromatic heterocycles. The Morgan fingerprint density at radius 2 is 2.00 bits per heavy atom. The zero-order valence-corrected chi connectivity index (χ0v) is 11.3. The second kappa shape index (κ2) is 5.37. The summed E-state index contributed by atoms with van der Waals surface area (Å²) in [6.45, 7) is 0. The van der Waals surface area contributed by atoms with Crippen LogP contribution in [0.2, 0.25) is 5.02 Å². The number of carboxylic acids is 1. The third-order valence-corrected chi connectivity index (χ3v) is 2.88. The van der Waals surface area contributed by atoms with Gasteiger partial charge in [0.15, 0.2) is 0 Å². The lowest BCUT2D eigenvalue weighted by molar-refractivity contribution is 0.0696. The standard InChI is InChI=1S/C12H7BrClNO3/c13-8-1-3-9(4-2-8)18-11-10(14)5-7(6-15-11)12(16)17/h1-6H,(H,16,17). The summed E-state index contributed by atoms with van der Waals surface area (Å²) >= 11 is 9.20. The number of aromatic nitrogens is 1. The SMILES string of the molecule is O=C(O)c1cnc(Oc2ccc(Br)cc2)c(Cl)c1. The van der Waals surface area contributed by atoms with E-state index in [1.54, 1.807) is 12.1 Å². The van der Waals surface area contributed by atoms with E-state index < -0.39 is 5.97 Å². The Morgan fingerprint density at radius 1 is 1.33 bits per heavy atom. The van der Waals surface area contributed by atoms with Gasteiger partial charge in [0.05, 0.1) is 5.56 Å². The van der Waals surface area contributed by atoms with Gasteiger partial charge in [0.25, 0.3) is 0 Å². The fourth-order valence-corrected chi connectivity index (χ4v) is 1.70. The molecule has 0 bridgehead atoms. The van der Waals surface area contributed by atoms with Crippen molar-refractivity contribution >= 4 is 33.5 Å². The van der Waals surface area contributed by atoms with Gasteiger partial charge in [-0.05, 0) is 30.3 Å². The molecular formula is C12H7BrClNO3. The van der Waals surface area contributed by atoms with Gasteiger partial charge in [0.1, 0.15) is 10.8 Å². The molecule has 0 spiro atoms. The summed E-state index contributed by atoms with van der Waals surface area (Å²) in [5.41, 5.74) is 0.0168. The highest BCUT2D eigenvalue weighted by atomic mass is 79.9. The highest BCUT2D eigenvalue weighted by molar-refractivity contribution is 9.10. The summed E-state index contributed by atoms with van der Waals surface area (Å²) < 4.78 is 6.37. The number of halogens is 2. The van der Waals surface area contributed by atoms with Gasteiger partial charge in [0, 0.05) is 10.7 Å². The van der Waals surface area contributed by atoms with E-state index >= 15 is 0 Å².